The molecular formula is C27H26N5O2. The van der Waals surface area contributed by atoms with Gasteiger partial charge in [-0.15, -0.1) is 0 Å². The normalized spacial score (nSPS) is 18.6. The van der Waals surface area contributed by atoms with Gasteiger partial charge in [0.25, 0.3) is 0 Å². The quantitative estimate of drug-likeness (QED) is 0.387. The Kier molecular flexibility index (Phi) is 5.19. The van der Waals surface area contributed by atoms with Gasteiger partial charge in [-0.1, -0.05) is 30.3 Å². The lowest BCUT2D eigenvalue weighted by atomic mass is 10.1. The fourth-order valence-corrected chi connectivity index (χ4v) is 4.48. The van der Waals surface area contributed by atoms with E-state index in [-0.39, 0.29) is 6.10 Å². The second-order valence-corrected chi connectivity index (χ2v) is 8.80. The summed E-state index contributed by atoms with van der Waals surface area (Å²) in [6.07, 6.45) is -0.0267. The van der Waals surface area contributed by atoms with Crippen LogP contribution in [-0.2, 0) is 11.3 Å². The highest BCUT2D eigenvalue weighted by Gasteiger charge is 2.24. The van der Waals surface area contributed by atoms with Gasteiger partial charge in [-0.25, -0.2) is 4.98 Å². The summed E-state index contributed by atoms with van der Waals surface area (Å²) in [5.41, 5.74) is 5.85. The summed E-state index contributed by atoms with van der Waals surface area (Å²) < 4.78 is 11.6. The third kappa shape index (κ3) is 3.88. The SMILES string of the molecule is [CH2]C1CN(c2ccc3nc(-c4n[nH]c5cc(OCc6ccccc6)ccc45)[nH]c3c2)C(C)CO1. The Balaban J connectivity index is 1.27. The monoisotopic (exact) mass is 452 g/mol. The van der Waals surface area contributed by atoms with Crippen molar-refractivity contribution < 1.29 is 9.47 Å². The Morgan fingerprint density at radius 3 is 2.85 bits per heavy atom. The van der Waals surface area contributed by atoms with Crippen LogP contribution in [0.4, 0.5) is 5.69 Å². The Hall–Kier alpha value is -3.84. The number of nitrogens with one attached hydrogen (secondary N) is 2. The molecule has 5 aromatic rings. The van der Waals surface area contributed by atoms with Crippen molar-refractivity contribution in [1.29, 1.82) is 0 Å². The van der Waals surface area contributed by atoms with Crippen LogP contribution in [0.3, 0.4) is 0 Å². The number of morpholine rings is 1. The highest BCUT2D eigenvalue weighted by atomic mass is 16.5. The molecule has 2 aromatic heterocycles. The molecule has 3 heterocycles. The lowest BCUT2D eigenvalue weighted by Crippen LogP contribution is -2.47. The van der Waals surface area contributed by atoms with Crippen molar-refractivity contribution in [3.63, 3.8) is 0 Å². The number of anilines is 1. The number of hydrogen-bond donors (Lipinski definition) is 2. The van der Waals surface area contributed by atoms with Crippen molar-refractivity contribution in [2.45, 2.75) is 25.7 Å². The van der Waals surface area contributed by atoms with Gasteiger partial charge in [-0.05, 0) is 49.7 Å². The van der Waals surface area contributed by atoms with Gasteiger partial charge in [0.15, 0.2) is 5.82 Å². The van der Waals surface area contributed by atoms with Crippen LogP contribution in [0.15, 0.2) is 66.7 Å². The molecule has 0 bridgehead atoms. The third-order valence-electron chi connectivity index (χ3n) is 6.31. The van der Waals surface area contributed by atoms with Crippen molar-refractivity contribution in [3.8, 4) is 17.3 Å². The van der Waals surface area contributed by atoms with Crippen LogP contribution in [0.5, 0.6) is 5.75 Å². The smallest absolute Gasteiger partial charge is 0.159 e. The topological polar surface area (TPSA) is 79.1 Å². The summed E-state index contributed by atoms with van der Waals surface area (Å²) in [5, 5.41) is 8.66. The number of benzene rings is 3. The van der Waals surface area contributed by atoms with Gasteiger partial charge < -0.3 is 19.4 Å². The minimum atomic E-state index is -0.0267. The molecule has 1 fully saturated rings. The fourth-order valence-electron chi connectivity index (χ4n) is 4.48. The first-order chi connectivity index (χ1) is 16.6. The van der Waals surface area contributed by atoms with Gasteiger partial charge in [0, 0.05) is 29.7 Å². The zero-order valence-electron chi connectivity index (χ0n) is 19.0. The molecule has 2 N–H and O–H groups in total. The molecule has 2 atom stereocenters. The maximum atomic E-state index is 5.96. The molecule has 7 heteroatoms. The number of hydrogen-bond acceptors (Lipinski definition) is 5. The number of imidazole rings is 1. The van der Waals surface area contributed by atoms with Gasteiger partial charge in [0.05, 0.1) is 29.3 Å². The number of nitrogens with zero attached hydrogens (tertiary/aromatic N) is 3. The largest absolute Gasteiger partial charge is 0.489 e. The molecule has 0 aliphatic carbocycles. The van der Waals surface area contributed by atoms with Crippen LogP contribution in [0.2, 0.25) is 0 Å². The van der Waals surface area contributed by atoms with E-state index < -0.39 is 0 Å². The molecule has 3 aromatic carbocycles. The average Bonchev–Trinajstić information content (AvgIpc) is 3.48. The number of aromatic amines is 2. The highest BCUT2D eigenvalue weighted by Crippen LogP contribution is 2.31. The first kappa shape index (κ1) is 20.7. The van der Waals surface area contributed by atoms with Crippen molar-refractivity contribution in [2.75, 3.05) is 18.1 Å². The van der Waals surface area contributed by atoms with E-state index in [1.807, 2.05) is 36.4 Å². The van der Waals surface area contributed by atoms with Crippen LogP contribution in [0.25, 0.3) is 33.5 Å². The molecule has 1 aliphatic rings. The molecule has 7 nitrogen and oxygen atoms in total. The van der Waals surface area contributed by atoms with Gasteiger partial charge in [0.2, 0.25) is 0 Å². The minimum absolute atomic E-state index is 0.0267. The number of rotatable bonds is 5. The van der Waals surface area contributed by atoms with E-state index in [1.165, 1.54) is 0 Å². The summed E-state index contributed by atoms with van der Waals surface area (Å²) >= 11 is 0. The zero-order chi connectivity index (χ0) is 23.1. The van der Waals surface area contributed by atoms with Gasteiger partial charge in [-0.3, -0.25) is 5.10 Å². The van der Waals surface area contributed by atoms with E-state index in [4.69, 9.17) is 14.5 Å². The molecule has 171 valence electrons. The fraction of sp³-hybridized carbons (Fsp3) is 0.222. The van der Waals surface area contributed by atoms with Crippen LogP contribution < -0.4 is 9.64 Å². The number of ether oxygens (including phenoxy) is 2. The molecule has 1 aliphatic heterocycles. The molecular weight excluding hydrogens is 426 g/mol. The van der Waals surface area contributed by atoms with E-state index in [0.29, 0.717) is 19.3 Å². The molecule has 0 amide bonds. The Bertz CT molecular complexity index is 1440. The Labute approximate surface area is 197 Å². The van der Waals surface area contributed by atoms with Crippen molar-refractivity contribution in [1.82, 2.24) is 20.2 Å². The van der Waals surface area contributed by atoms with Crippen LogP contribution in [0, 0.1) is 6.92 Å². The van der Waals surface area contributed by atoms with E-state index in [1.54, 1.807) is 0 Å². The molecule has 34 heavy (non-hydrogen) atoms. The Morgan fingerprint density at radius 2 is 1.97 bits per heavy atom. The summed E-state index contributed by atoms with van der Waals surface area (Å²) in [6, 6.07) is 22.7. The van der Waals surface area contributed by atoms with Gasteiger partial charge in [0.1, 0.15) is 18.1 Å². The maximum Gasteiger partial charge on any atom is 0.159 e. The summed E-state index contributed by atoms with van der Waals surface area (Å²) in [5.74, 6) is 1.53. The molecule has 0 spiro atoms. The predicted molar refractivity (Wildman–Crippen MR) is 134 cm³/mol. The van der Waals surface area contributed by atoms with Crippen LogP contribution >= 0.6 is 0 Å². The maximum absolute atomic E-state index is 5.96. The first-order valence-corrected chi connectivity index (χ1v) is 11.5. The van der Waals surface area contributed by atoms with Gasteiger partial charge >= 0.3 is 0 Å². The molecule has 6 rings (SSSR count). The third-order valence-corrected chi connectivity index (χ3v) is 6.31. The predicted octanol–water partition coefficient (Wildman–Crippen LogP) is 5.11. The van der Waals surface area contributed by atoms with E-state index in [2.05, 4.69) is 64.3 Å². The first-order valence-electron chi connectivity index (χ1n) is 11.5. The zero-order valence-corrected chi connectivity index (χ0v) is 19.0. The van der Waals surface area contributed by atoms with E-state index in [9.17, 15) is 0 Å². The molecule has 1 saturated heterocycles. The number of aromatic nitrogens is 4. The van der Waals surface area contributed by atoms with Crippen LogP contribution in [-0.4, -0.2) is 45.5 Å². The second-order valence-electron chi connectivity index (χ2n) is 8.80. The number of fused-ring (bicyclic) bond motifs is 2. The lowest BCUT2D eigenvalue weighted by molar-refractivity contribution is 0.0499. The molecule has 1 radical (unpaired) electrons. The molecule has 0 saturated carbocycles. The average molecular weight is 453 g/mol. The van der Waals surface area contributed by atoms with Crippen molar-refractivity contribution >= 4 is 27.6 Å². The summed E-state index contributed by atoms with van der Waals surface area (Å²) in [7, 11) is 0. The van der Waals surface area contributed by atoms with E-state index in [0.717, 1.165) is 57.0 Å². The Morgan fingerprint density at radius 1 is 1.09 bits per heavy atom. The summed E-state index contributed by atoms with van der Waals surface area (Å²) in [6.45, 7) is 8.21. The van der Waals surface area contributed by atoms with Crippen LogP contribution in [0.1, 0.15) is 12.5 Å². The second kappa shape index (κ2) is 8.50. The van der Waals surface area contributed by atoms with Gasteiger partial charge in [-0.2, -0.15) is 5.10 Å². The highest BCUT2D eigenvalue weighted by molar-refractivity contribution is 5.94. The summed E-state index contributed by atoms with van der Waals surface area (Å²) in [4.78, 5) is 10.6. The van der Waals surface area contributed by atoms with Crippen molar-refractivity contribution in [3.05, 3.63) is 79.2 Å². The van der Waals surface area contributed by atoms with Crippen molar-refractivity contribution in [2.24, 2.45) is 0 Å². The number of H-pyrrole nitrogens is 2. The van der Waals surface area contributed by atoms with E-state index >= 15 is 0 Å². The standard InChI is InChI=1S/C27H26N5O2/c1-17-15-33-18(2)14-32(17)20-8-11-23-25(12-20)29-27(28-23)26-22-10-9-21(13-24(22)30-31-26)34-16-19-6-4-3-5-7-19/h3-13,17-18H,2,14-16H2,1H3,(H,28,29)(H,30,31). The molecule has 2 unspecified atom stereocenters. The lowest BCUT2D eigenvalue weighted by Gasteiger charge is -2.38. The minimum Gasteiger partial charge on any atom is -0.489 e.